The van der Waals surface area contributed by atoms with Crippen LogP contribution in [0.15, 0.2) is 18.2 Å². The Morgan fingerprint density at radius 1 is 0.919 bits per heavy atom. The lowest BCUT2D eigenvalue weighted by molar-refractivity contribution is -0.160. The van der Waals surface area contributed by atoms with Crippen LogP contribution in [-0.4, -0.2) is 54.7 Å². The Balaban J connectivity index is 3.43. The van der Waals surface area contributed by atoms with Crippen LogP contribution in [0.25, 0.3) is 0 Å². The van der Waals surface area contributed by atoms with Crippen LogP contribution in [0.5, 0.6) is 11.5 Å². The molecular weight excluding hydrogens is 486 g/mol. The van der Waals surface area contributed by atoms with Gasteiger partial charge in [0.25, 0.3) is 0 Å². The van der Waals surface area contributed by atoms with Gasteiger partial charge >= 0.3 is 24.2 Å². The van der Waals surface area contributed by atoms with Gasteiger partial charge in [-0.25, -0.2) is 9.59 Å². The van der Waals surface area contributed by atoms with Gasteiger partial charge in [0.05, 0.1) is 18.6 Å². The number of carboxylic acids is 1. The zero-order valence-electron chi connectivity index (χ0n) is 22.6. The quantitative estimate of drug-likeness (QED) is 0.222. The Morgan fingerprint density at radius 2 is 1.43 bits per heavy atom. The first kappa shape index (κ1) is 31.7. The monoisotopic (exact) mass is 525 g/mol. The Bertz CT molecular complexity index is 940. The molecule has 11 heteroatoms. The number of rotatable bonds is 12. The number of nitrogens with two attached hydrogens (primary N) is 1. The molecule has 11 nitrogen and oxygen atoms in total. The molecule has 3 N–H and O–H groups in total. The Kier molecular flexibility index (Phi) is 12.3. The van der Waals surface area contributed by atoms with Gasteiger partial charge in [0.2, 0.25) is 0 Å². The minimum absolute atomic E-state index is 0.105. The third-order valence-electron chi connectivity index (χ3n) is 5.47. The van der Waals surface area contributed by atoms with Crippen LogP contribution in [0.2, 0.25) is 0 Å². The van der Waals surface area contributed by atoms with Crippen LogP contribution in [0, 0.1) is 11.3 Å². The predicted octanol–water partition coefficient (Wildman–Crippen LogP) is 4.65. The lowest BCUT2D eigenvalue weighted by atomic mass is 9.79. The van der Waals surface area contributed by atoms with E-state index >= 15 is 0 Å². The fourth-order valence-electron chi connectivity index (χ4n) is 3.24. The number of aliphatic carboxylic acids is 1. The molecule has 0 aliphatic heterocycles. The van der Waals surface area contributed by atoms with Gasteiger partial charge < -0.3 is 34.5 Å². The van der Waals surface area contributed by atoms with E-state index in [2.05, 4.69) is 0 Å². The molecule has 1 aromatic carbocycles. The van der Waals surface area contributed by atoms with Crippen molar-refractivity contribution < 1.29 is 48.0 Å². The smallest absolute Gasteiger partial charge is 0.480 e. The molecule has 37 heavy (non-hydrogen) atoms. The second kappa shape index (κ2) is 14.4. The van der Waals surface area contributed by atoms with E-state index in [0.717, 1.165) is 0 Å². The number of carbonyl (C=O) groups excluding carboxylic acids is 3. The molecule has 0 aliphatic carbocycles. The van der Waals surface area contributed by atoms with E-state index in [4.69, 9.17) is 29.4 Å². The normalized spacial score (nSPS) is 14.5. The molecule has 0 bridgehead atoms. The molecule has 0 saturated heterocycles. The Morgan fingerprint density at radius 3 is 1.89 bits per heavy atom. The van der Waals surface area contributed by atoms with Gasteiger partial charge in [-0.1, -0.05) is 26.8 Å². The SMILES string of the molecule is CCCOC(=O)Oc1ccc(C(C(C)C(C)OC(=O)C(C)(C)C)[C@H](N)C(=O)O)cc1OC(=O)OCCC. The van der Waals surface area contributed by atoms with Gasteiger partial charge in [0.15, 0.2) is 11.5 Å². The number of benzene rings is 1. The van der Waals surface area contributed by atoms with Gasteiger partial charge in [-0.2, -0.15) is 0 Å². The fraction of sp³-hybridized carbons (Fsp3) is 0.615. The van der Waals surface area contributed by atoms with Crippen LogP contribution < -0.4 is 15.2 Å². The molecule has 4 atom stereocenters. The summed E-state index contributed by atoms with van der Waals surface area (Å²) in [4.78, 5) is 48.5. The average Bonchev–Trinajstić information content (AvgIpc) is 2.82. The van der Waals surface area contributed by atoms with E-state index in [1.807, 2.05) is 6.92 Å². The lowest BCUT2D eigenvalue weighted by Crippen LogP contribution is -2.43. The average molecular weight is 526 g/mol. The van der Waals surface area contributed by atoms with Crippen molar-refractivity contribution in [3.63, 3.8) is 0 Å². The minimum Gasteiger partial charge on any atom is -0.480 e. The second-order valence-corrected chi connectivity index (χ2v) is 9.72. The van der Waals surface area contributed by atoms with Gasteiger partial charge in [-0.05, 0) is 58.2 Å². The van der Waals surface area contributed by atoms with Gasteiger partial charge in [0, 0.05) is 11.8 Å². The highest BCUT2D eigenvalue weighted by Gasteiger charge is 2.37. The zero-order valence-corrected chi connectivity index (χ0v) is 22.6. The zero-order chi connectivity index (χ0) is 28.3. The number of hydrogen-bond acceptors (Lipinski definition) is 10. The molecule has 0 fully saturated rings. The van der Waals surface area contributed by atoms with Crippen LogP contribution in [0.4, 0.5) is 9.59 Å². The van der Waals surface area contributed by atoms with Crippen molar-refractivity contribution in [1.29, 1.82) is 0 Å². The maximum Gasteiger partial charge on any atom is 0.513 e. The summed E-state index contributed by atoms with van der Waals surface area (Å²) in [5.74, 6) is -3.51. The first-order valence-corrected chi connectivity index (χ1v) is 12.2. The van der Waals surface area contributed by atoms with E-state index in [1.54, 1.807) is 41.5 Å². The highest BCUT2D eigenvalue weighted by Crippen LogP contribution is 2.37. The molecule has 0 spiro atoms. The van der Waals surface area contributed by atoms with Crippen LogP contribution in [-0.2, 0) is 23.8 Å². The molecule has 1 rings (SSSR count). The standard InChI is InChI=1S/C26H39NO10/c1-8-12-33-24(31)36-18-11-10-17(14-19(18)37-25(32)34-13-9-2)20(21(27)22(28)29)15(3)16(4)35-23(30)26(5,6)7/h10-11,14-16,20-21H,8-9,12-13,27H2,1-7H3,(H,28,29)/t15?,16?,20?,21-/m0/s1. The van der Waals surface area contributed by atoms with Crippen LogP contribution >= 0.6 is 0 Å². The summed E-state index contributed by atoms with van der Waals surface area (Å²) in [6, 6.07) is 2.78. The molecule has 0 aliphatic rings. The van der Waals surface area contributed by atoms with Crippen molar-refractivity contribution in [1.82, 2.24) is 0 Å². The summed E-state index contributed by atoms with van der Waals surface area (Å²) in [5, 5.41) is 9.70. The molecule has 208 valence electrons. The minimum atomic E-state index is -1.40. The first-order valence-electron chi connectivity index (χ1n) is 12.2. The third-order valence-corrected chi connectivity index (χ3v) is 5.47. The molecule has 3 unspecified atom stereocenters. The summed E-state index contributed by atoms with van der Waals surface area (Å²) >= 11 is 0. The molecule has 0 saturated carbocycles. The van der Waals surface area contributed by atoms with Gasteiger partial charge in [-0.3, -0.25) is 9.59 Å². The van der Waals surface area contributed by atoms with Crippen molar-refractivity contribution in [3.05, 3.63) is 23.8 Å². The van der Waals surface area contributed by atoms with Crippen LogP contribution in [0.1, 0.15) is 72.8 Å². The molecule has 0 amide bonds. The Hall–Kier alpha value is -3.34. The summed E-state index contributed by atoms with van der Waals surface area (Å²) < 4.78 is 25.9. The molecular formula is C26H39NO10. The summed E-state index contributed by atoms with van der Waals surface area (Å²) in [7, 11) is 0. The number of carboxylic acid groups (broad SMARTS) is 1. The summed E-state index contributed by atoms with van der Waals surface area (Å²) in [5.41, 5.74) is 5.66. The van der Waals surface area contributed by atoms with Crippen molar-refractivity contribution >= 4 is 24.2 Å². The second-order valence-electron chi connectivity index (χ2n) is 9.72. The van der Waals surface area contributed by atoms with E-state index in [0.29, 0.717) is 18.4 Å². The summed E-state index contributed by atoms with van der Waals surface area (Å²) in [6.07, 6.45) is -1.62. The highest BCUT2D eigenvalue weighted by molar-refractivity contribution is 5.76. The predicted molar refractivity (Wildman–Crippen MR) is 134 cm³/mol. The number of ether oxygens (including phenoxy) is 5. The first-order chi connectivity index (χ1) is 17.2. The van der Waals surface area contributed by atoms with Crippen molar-refractivity contribution in [2.45, 2.75) is 79.4 Å². The third kappa shape index (κ3) is 9.91. The van der Waals surface area contributed by atoms with E-state index in [1.165, 1.54) is 18.2 Å². The van der Waals surface area contributed by atoms with Gasteiger partial charge in [0.1, 0.15) is 12.1 Å². The maximum atomic E-state index is 12.4. The molecule has 0 aromatic heterocycles. The largest absolute Gasteiger partial charge is 0.513 e. The topological polar surface area (TPSA) is 161 Å². The highest BCUT2D eigenvalue weighted by atomic mass is 16.7. The molecule has 0 heterocycles. The number of esters is 1. The number of carbonyl (C=O) groups is 4. The van der Waals surface area contributed by atoms with E-state index in [9.17, 15) is 24.3 Å². The van der Waals surface area contributed by atoms with Gasteiger partial charge in [-0.15, -0.1) is 0 Å². The van der Waals surface area contributed by atoms with Crippen molar-refractivity contribution in [2.75, 3.05) is 13.2 Å². The maximum absolute atomic E-state index is 12.4. The van der Waals surface area contributed by atoms with Crippen LogP contribution in [0.3, 0.4) is 0 Å². The lowest BCUT2D eigenvalue weighted by Gasteiger charge is -2.33. The van der Waals surface area contributed by atoms with Crippen molar-refractivity contribution in [3.8, 4) is 11.5 Å². The number of hydrogen-bond donors (Lipinski definition) is 2. The van der Waals surface area contributed by atoms with E-state index < -0.39 is 53.6 Å². The Labute approximate surface area is 217 Å². The summed E-state index contributed by atoms with van der Waals surface area (Å²) in [6.45, 7) is 12.3. The van der Waals surface area contributed by atoms with Crippen molar-refractivity contribution in [2.24, 2.45) is 17.1 Å². The molecule has 0 radical (unpaired) electrons. The molecule has 1 aromatic rings. The van der Waals surface area contributed by atoms with E-state index in [-0.39, 0.29) is 24.7 Å². The fourth-order valence-corrected chi connectivity index (χ4v) is 3.24.